The number of benzene rings is 1. The topological polar surface area (TPSA) is 50.2 Å². The number of hydrogen-bond acceptors (Lipinski definition) is 3. The highest BCUT2D eigenvalue weighted by Crippen LogP contribution is 2.30. The van der Waals surface area contributed by atoms with Crippen molar-refractivity contribution in [1.82, 2.24) is 9.97 Å². The molecule has 1 fully saturated rings. The van der Waals surface area contributed by atoms with Crippen molar-refractivity contribution in [2.75, 3.05) is 13.1 Å². The predicted molar refractivity (Wildman–Crippen MR) is 108 cm³/mol. The third-order valence-electron chi connectivity index (χ3n) is 5.35. The highest BCUT2D eigenvalue weighted by atomic mass is 32.1. The fraction of sp³-hybridized carbons (Fsp3) is 0.429. The van der Waals surface area contributed by atoms with Gasteiger partial charge in [0.25, 0.3) is 5.56 Å². The minimum absolute atomic E-state index is 0.0145. The monoisotopic (exact) mass is 368 g/mol. The largest absolute Gasteiger partial charge is 0.328 e. The molecule has 2 N–H and O–H groups in total. The van der Waals surface area contributed by atoms with Gasteiger partial charge in [-0.3, -0.25) is 4.79 Å². The number of aromatic amines is 1. The zero-order valence-corrected chi connectivity index (χ0v) is 16.5. The lowest BCUT2D eigenvalue weighted by molar-refractivity contribution is -0.926. The molecule has 3 aromatic rings. The zero-order chi connectivity index (χ0) is 18.3. The van der Waals surface area contributed by atoms with Gasteiger partial charge >= 0.3 is 0 Å². The maximum Gasteiger partial charge on any atom is 0.260 e. The molecule has 136 valence electrons. The number of nitrogens with one attached hydrogen (secondary N) is 2. The van der Waals surface area contributed by atoms with Gasteiger partial charge in [0.15, 0.2) is 5.82 Å². The summed E-state index contributed by atoms with van der Waals surface area (Å²) in [6.07, 6.45) is 1.30. The van der Waals surface area contributed by atoms with E-state index in [9.17, 15) is 4.79 Å². The van der Waals surface area contributed by atoms with E-state index >= 15 is 0 Å². The van der Waals surface area contributed by atoms with Crippen LogP contribution in [0.25, 0.3) is 21.3 Å². The van der Waals surface area contributed by atoms with Gasteiger partial charge in [-0.2, -0.15) is 0 Å². The number of fused-ring (bicyclic) bond motifs is 1. The summed E-state index contributed by atoms with van der Waals surface area (Å²) in [5.41, 5.74) is 3.26. The normalized spacial score (nSPS) is 23.4. The fourth-order valence-corrected chi connectivity index (χ4v) is 5.29. The van der Waals surface area contributed by atoms with Gasteiger partial charge < -0.3 is 9.88 Å². The first-order valence-electron chi connectivity index (χ1n) is 9.40. The molecule has 1 unspecified atom stereocenters. The summed E-state index contributed by atoms with van der Waals surface area (Å²) >= 11 is 1.56. The summed E-state index contributed by atoms with van der Waals surface area (Å²) < 4.78 is 0. The third kappa shape index (κ3) is 3.46. The van der Waals surface area contributed by atoms with Crippen molar-refractivity contribution in [2.24, 2.45) is 11.8 Å². The number of hydrogen-bond donors (Lipinski definition) is 2. The molecule has 1 aliphatic rings. The molecule has 5 heteroatoms. The van der Waals surface area contributed by atoms with E-state index in [0.29, 0.717) is 0 Å². The molecular weight excluding hydrogens is 342 g/mol. The second-order valence-electron chi connectivity index (χ2n) is 7.99. The van der Waals surface area contributed by atoms with Gasteiger partial charge in [0.2, 0.25) is 0 Å². The number of likely N-dealkylation sites (tertiary alicyclic amines) is 1. The summed E-state index contributed by atoms with van der Waals surface area (Å²) in [5.74, 6) is 2.29. The Morgan fingerprint density at radius 3 is 2.58 bits per heavy atom. The van der Waals surface area contributed by atoms with Crippen LogP contribution in [0, 0.1) is 18.8 Å². The van der Waals surface area contributed by atoms with E-state index in [1.807, 2.05) is 0 Å². The van der Waals surface area contributed by atoms with Crippen LogP contribution in [0.5, 0.6) is 0 Å². The summed E-state index contributed by atoms with van der Waals surface area (Å²) in [7, 11) is 0. The van der Waals surface area contributed by atoms with Gasteiger partial charge in [-0.1, -0.05) is 43.7 Å². The summed E-state index contributed by atoms with van der Waals surface area (Å²) in [6, 6.07) is 8.31. The zero-order valence-electron chi connectivity index (χ0n) is 15.6. The number of aromatic nitrogens is 2. The van der Waals surface area contributed by atoms with E-state index in [-0.39, 0.29) is 5.56 Å². The average Bonchev–Trinajstić information content (AvgIpc) is 2.99. The van der Waals surface area contributed by atoms with Crippen LogP contribution in [-0.4, -0.2) is 23.1 Å². The Morgan fingerprint density at radius 1 is 1.19 bits per heavy atom. The van der Waals surface area contributed by atoms with Gasteiger partial charge in [0.05, 0.1) is 18.5 Å². The van der Waals surface area contributed by atoms with Crippen LogP contribution >= 0.6 is 11.3 Å². The number of piperidine rings is 1. The molecule has 0 amide bonds. The van der Waals surface area contributed by atoms with Gasteiger partial charge in [0, 0.05) is 22.8 Å². The van der Waals surface area contributed by atoms with Crippen molar-refractivity contribution >= 4 is 21.6 Å². The second-order valence-corrected chi connectivity index (χ2v) is 8.85. The Balaban J connectivity index is 1.66. The van der Waals surface area contributed by atoms with E-state index in [0.717, 1.165) is 58.6 Å². The smallest absolute Gasteiger partial charge is 0.260 e. The molecule has 3 heterocycles. The van der Waals surface area contributed by atoms with Gasteiger partial charge in [-0.25, -0.2) is 4.98 Å². The molecule has 1 saturated heterocycles. The van der Waals surface area contributed by atoms with Crippen molar-refractivity contribution in [2.45, 2.75) is 33.7 Å². The maximum atomic E-state index is 12.8. The van der Waals surface area contributed by atoms with Crippen molar-refractivity contribution in [3.05, 3.63) is 51.4 Å². The highest BCUT2D eigenvalue weighted by molar-refractivity contribution is 7.17. The van der Waals surface area contributed by atoms with Crippen molar-refractivity contribution in [3.63, 3.8) is 0 Å². The van der Waals surface area contributed by atoms with Crippen LogP contribution in [-0.2, 0) is 6.54 Å². The maximum absolute atomic E-state index is 12.8. The minimum atomic E-state index is -0.0145. The average molecular weight is 369 g/mol. The van der Waals surface area contributed by atoms with E-state index < -0.39 is 0 Å². The summed E-state index contributed by atoms with van der Waals surface area (Å²) in [4.78, 5) is 23.0. The Kier molecular flexibility index (Phi) is 4.67. The van der Waals surface area contributed by atoms with Crippen LogP contribution in [0.15, 0.2) is 34.4 Å². The summed E-state index contributed by atoms with van der Waals surface area (Å²) in [5, 5.41) is 2.78. The van der Waals surface area contributed by atoms with E-state index in [2.05, 4.69) is 55.4 Å². The SMILES string of the molecule is Cc1ccc(-c2csc3nc(C[NH+]4C[C@H](C)C[C@H](C)C4)[nH]c(=O)c23)cc1. The lowest BCUT2D eigenvalue weighted by Gasteiger charge is -2.31. The molecule has 0 spiro atoms. The van der Waals surface area contributed by atoms with Crippen LogP contribution < -0.4 is 10.5 Å². The molecule has 3 atom stereocenters. The first-order chi connectivity index (χ1) is 12.5. The first-order valence-corrected chi connectivity index (χ1v) is 10.3. The predicted octanol–water partition coefficient (Wildman–Crippen LogP) is 3.02. The number of thiophene rings is 1. The van der Waals surface area contributed by atoms with Gasteiger partial charge in [0.1, 0.15) is 11.4 Å². The van der Waals surface area contributed by atoms with Crippen molar-refractivity contribution < 1.29 is 4.90 Å². The standard InChI is InChI=1S/C21H25N3OS/c1-13-4-6-16(7-5-13)17-12-26-21-19(17)20(25)22-18(23-21)11-24-9-14(2)8-15(3)10-24/h4-7,12,14-15H,8-11H2,1-3H3,(H,22,23,25)/p+1/t14-,15+. The highest BCUT2D eigenvalue weighted by Gasteiger charge is 2.26. The second kappa shape index (κ2) is 6.97. The molecule has 1 aromatic carbocycles. The number of quaternary nitrogens is 1. The summed E-state index contributed by atoms with van der Waals surface area (Å²) in [6.45, 7) is 9.83. The molecule has 4 nitrogen and oxygen atoms in total. The lowest BCUT2D eigenvalue weighted by atomic mass is 9.92. The van der Waals surface area contributed by atoms with Crippen LogP contribution in [0.3, 0.4) is 0 Å². The molecule has 26 heavy (non-hydrogen) atoms. The Morgan fingerprint density at radius 2 is 1.88 bits per heavy atom. The first kappa shape index (κ1) is 17.4. The van der Waals surface area contributed by atoms with Gasteiger partial charge in [-0.15, -0.1) is 11.3 Å². The fourth-order valence-electron chi connectivity index (χ4n) is 4.33. The Hall–Kier alpha value is -1.98. The number of aryl methyl sites for hydroxylation is 1. The molecule has 0 saturated carbocycles. The number of H-pyrrole nitrogens is 1. The Bertz CT molecular complexity index is 963. The van der Waals surface area contributed by atoms with Gasteiger partial charge in [-0.05, 0) is 18.9 Å². The quantitative estimate of drug-likeness (QED) is 0.747. The van der Waals surface area contributed by atoms with Crippen molar-refractivity contribution in [3.8, 4) is 11.1 Å². The molecule has 4 rings (SSSR count). The van der Waals surface area contributed by atoms with E-state index in [1.165, 1.54) is 16.9 Å². The third-order valence-corrected chi connectivity index (χ3v) is 6.22. The minimum Gasteiger partial charge on any atom is -0.328 e. The lowest BCUT2D eigenvalue weighted by Crippen LogP contribution is -3.13. The molecule has 1 aliphatic heterocycles. The van der Waals surface area contributed by atoms with E-state index in [1.54, 1.807) is 11.3 Å². The molecule has 0 radical (unpaired) electrons. The van der Waals surface area contributed by atoms with Crippen LogP contribution in [0.4, 0.5) is 0 Å². The molecule has 2 aromatic heterocycles. The van der Waals surface area contributed by atoms with Crippen molar-refractivity contribution in [1.29, 1.82) is 0 Å². The Labute approximate surface area is 157 Å². The molecule has 0 bridgehead atoms. The number of nitrogens with zero attached hydrogens (tertiary/aromatic N) is 1. The molecule has 0 aliphatic carbocycles. The van der Waals surface area contributed by atoms with Crippen LogP contribution in [0.1, 0.15) is 31.7 Å². The van der Waals surface area contributed by atoms with Crippen LogP contribution in [0.2, 0.25) is 0 Å². The molecular formula is C21H26N3OS+. The van der Waals surface area contributed by atoms with E-state index in [4.69, 9.17) is 4.98 Å². The number of rotatable bonds is 3.